The average molecular weight is 129 g/mol. The van der Waals surface area contributed by atoms with Crippen LogP contribution in [0.4, 0.5) is 0 Å². The van der Waals surface area contributed by atoms with Gasteiger partial charge >= 0.3 is 0 Å². The minimum Gasteiger partial charge on any atom is -0.0776 e. The van der Waals surface area contributed by atoms with Crippen LogP contribution in [0, 0.1) is 5.92 Å². The van der Waals surface area contributed by atoms with Crippen LogP contribution in [0.25, 0.3) is 0 Å². The molecule has 0 aromatic heterocycles. The van der Waals surface area contributed by atoms with Crippen LogP contribution in [0.5, 0.6) is 0 Å². The molecule has 0 unspecified atom stereocenters. The summed E-state index contributed by atoms with van der Waals surface area (Å²) in [5.41, 5.74) is 0. The second-order valence-electron chi connectivity index (χ2n) is 2.44. The molecule has 0 aromatic rings. The molecule has 0 amide bonds. The lowest BCUT2D eigenvalue weighted by atomic mass is 10.3. The zero-order valence-electron chi connectivity index (χ0n) is 6.86. The molecule has 0 atom stereocenters. The molecule has 0 rings (SSSR count). The maximum Gasteiger partial charge on any atom is 0 e. The first-order valence-corrected chi connectivity index (χ1v) is 3.15. The first-order chi connectivity index (χ1) is 3.15. The van der Waals surface area contributed by atoms with Crippen molar-refractivity contribution >= 4 is 8.41 Å². The van der Waals surface area contributed by atoms with Gasteiger partial charge in [0.25, 0.3) is 0 Å². The molecule has 0 aliphatic carbocycles. The van der Waals surface area contributed by atoms with Crippen molar-refractivity contribution in [1.82, 2.24) is 0 Å². The summed E-state index contributed by atoms with van der Waals surface area (Å²) in [4.78, 5) is 0. The maximum absolute atomic E-state index is 2.17. The Morgan fingerprint density at radius 3 is 1.00 bits per heavy atom. The first kappa shape index (κ1) is 23.0. The Balaban J connectivity index is -0.0000000233. The van der Waals surface area contributed by atoms with Crippen LogP contribution < -0.4 is 0 Å². The number of rotatable bonds is 0. The molecule has 0 fully saturated rings. The van der Waals surface area contributed by atoms with E-state index >= 15 is 0 Å². The zero-order valence-corrected chi connectivity index (χ0v) is 6.86. The van der Waals surface area contributed by atoms with Gasteiger partial charge in [0.2, 0.25) is 0 Å². The van der Waals surface area contributed by atoms with Crippen LogP contribution >= 0.6 is 0 Å². The molecule has 9 heavy (non-hydrogen) atoms. The van der Waals surface area contributed by atoms with Crippen LogP contribution in [-0.4, -0.2) is 8.41 Å². The number of hydrogen-bond acceptors (Lipinski definition) is 0. The van der Waals surface area contributed by atoms with Gasteiger partial charge in [0.15, 0.2) is 0 Å². The van der Waals surface area contributed by atoms with Crippen LogP contribution in [-0.2, 0) is 0 Å². The van der Waals surface area contributed by atoms with Crippen molar-refractivity contribution in [2.75, 3.05) is 0 Å². The lowest BCUT2D eigenvalue weighted by Crippen LogP contribution is -1.66. The highest BCUT2D eigenvalue weighted by atomic mass is 13.7. The van der Waals surface area contributed by atoms with Crippen LogP contribution in [0.3, 0.4) is 0 Å². The highest BCUT2D eigenvalue weighted by Gasteiger charge is 1.68. The average Bonchev–Trinajstić information content (AvgIpc) is 1.33. The molecule has 3 radical (unpaired) electrons. The first-order valence-electron chi connectivity index (χ1n) is 3.15. The van der Waals surface area contributed by atoms with E-state index in [-0.39, 0.29) is 15.8 Å². The van der Waals surface area contributed by atoms with Gasteiger partial charge < -0.3 is 0 Å². The van der Waals surface area contributed by atoms with E-state index in [2.05, 4.69) is 34.6 Å². The predicted octanol–water partition coefficient (Wildman–Crippen LogP) is 3.33. The molecule has 0 aliphatic heterocycles. The Morgan fingerprint density at radius 2 is 1.00 bits per heavy atom. The lowest BCUT2D eigenvalue weighted by Gasteiger charge is -1.79. The summed E-state index contributed by atoms with van der Waals surface area (Å²) in [6.07, 6.45) is 1.25. The van der Waals surface area contributed by atoms with E-state index in [9.17, 15) is 0 Å². The van der Waals surface area contributed by atoms with Gasteiger partial charge in [0.1, 0.15) is 0 Å². The van der Waals surface area contributed by atoms with Gasteiger partial charge in [-0.25, -0.2) is 0 Å². The van der Waals surface area contributed by atoms with Gasteiger partial charge in [-0.05, 0) is 5.92 Å². The smallest absolute Gasteiger partial charge is 0 e. The van der Waals surface area contributed by atoms with Crippen molar-refractivity contribution < 1.29 is 0 Å². The Hall–Kier alpha value is 0.0649. The monoisotopic (exact) mass is 129 g/mol. The fraction of sp³-hybridized carbons (Fsp3) is 1.00. The van der Waals surface area contributed by atoms with Crippen molar-refractivity contribution in [3.63, 3.8) is 0 Å². The Kier molecular flexibility index (Phi) is 62.2. The van der Waals surface area contributed by atoms with Crippen LogP contribution in [0.15, 0.2) is 0 Å². The highest BCUT2D eigenvalue weighted by molar-refractivity contribution is 5.75. The van der Waals surface area contributed by atoms with E-state index < -0.39 is 0 Å². The van der Waals surface area contributed by atoms with Crippen LogP contribution in [0.2, 0.25) is 0 Å². The fourth-order valence-electron chi connectivity index (χ4n) is 0. The summed E-state index contributed by atoms with van der Waals surface area (Å²) in [7, 11) is 0. The van der Waals surface area contributed by atoms with E-state index in [0.29, 0.717) is 0 Å². The Labute approximate surface area is 63.6 Å². The molecule has 57 valence electrons. The Bertz CT molecular complexity index is 15.8. The van der Waals surface area contributed by atoms with E-state index in [1.54, 1.807) is 0 Å². The Morgan fingerprint density at radius 1 is 1.00 bits per heavy atom. The summed E-state index contributed by atoms with van der Waals surface area (Å²) in [5.74, 6) is 0.833. The molecule has 0 saturated carbocycles. The van der Waals surface area contributed by atoms with Crippen molar-refractivity contribution in [1.29, 1.82) is 0 Å². The molecule has 0 bridgehead atoms. The minimum atomic E-state index is 0. The summed E-state index contributed by atoms with van der Waals surface area (Å²) in [6.45, 7) is 10.8. The molecule has 0 nitrogen and oxygen atoms in total. The van der Waals surface area contributed by atoms with Crippen LogP contribution in [0.1, 0.15) is 48.5 Å². The van der Waals surface area contributed by atoms with E-state index in [1.165, 1.54) is 6.42 Å². The molecular weight excluding hydrogens is 107 g/mol. The summed E-state index contributed by atoms with van der Waals surface area (Å²) >= 11 is 0. The van der Waals surface area contributed by atoms with Gasteiger partial charge in [-0.1, -0.05) is 48.5 Å². The third kappa shape index (κ3) is 70400. The standard InChI is InChI=1S/C4H10.C3H8.CH4.B/c1-4(2)3;1-3-2;;/h4H,1-3H3;3H2,1-2H3;1H4;. The SMILES string of the molecule is C.CC(C)C.CCC.[B]. The van der Waals surface area contributed by atoms with Gasteiger partial charge in [0.05, 0.1) is 0 Å². The molecule has 0 aromatic carbocycles. The summed E-state index contributed by atoms with van der Waals surface area (Å²) in [6, 6.07) is 0. The van der Waals surface area contributed by atoms with Gasteiger partial charge in [-0.3, -0.25) is 0 Å². The molecule has 0 aliphatic rings. The van der Waals surface area contributed by atoms with Gasteiger partial charge in [-0.15, -0.1) is 0 Å². The third-order valence-corrected chi connectivity index (χ3v) is 0. The van der Waals surface area contributed by atoms with Crippen molar-refractivity contribution in [3.8, 4) is 0 Å². The van der Waals surface area contributed by atoms with E-state index in [1.807, 2.05) is 0 Å². The quantitative estimate of drug-likeness (QED) is 0.440. The lowest BCUT2D eigenvalue weighted by molar-refractivity contribution is 0.737. The third-order valence-electron chi connectivity index (χ3n) is 0. The second kappa shape index (κ2) is 24.4. The summed E-state index contributed by atoms with van der Waals surface area (Å²) < 4.78 is 0. The second-order valence-corrected chi connectivity index (χ2v) is 2.44. The largest absolute Gasteiger partial charge is 0.0776 e. The molecule has 1 heteroatoms. The van der Waals surface area contributed by atoms with Crippen molar-refractivity contribution in [3.05, 3.63) is 0 Å². The van der Waals surface area contributed by atoms with E-state index in [0.717, 1.165) is 5.92 Å². The highest BCUT2D eigenvalue weighted by Crippen LogP contribution is 1.81. The normalized spacial score (nSPS) is 6.00. The maximum atomic E-state index is 2.17. The summed E-state index contributed by atoms with van der Waals surface area (Å²) in [5, 5.41) is 0. The molecule has 0 heterocycles. The molecule has 0 spiro atoms. The minimum absolute atomic E-state index is 0. The molecule has 0 saturated heterocycles. The molecule has 0 N–H and O–H groups in total. The zero-order chi connectivity index (χ0) is 6.28. The topological polar surface area (TPSA) is 0 Å². The predicted molar refractivity (Wildman–Crippen MR) is 49.0 cm³/mol. The van der Waals surface area contributed by atoms with Crippen molar-refractivity contribution in [2.45, 2.75) is 48.5 Å². The number of hydrogen-bond donors (Lipinski definition) is 0. The fourth-order valence-corrected chi connectivity index (χ4v) is 0. The van der Waals surface area contributed by atoms with Gasteiger partial charge in [0, 0.05) is 8.41 Å². The van der Waals surface area contributed by atoms with Gasteiger partial charge in [-0.2, -0.15) is 0 Å². The van der Waals surface area contributed by atoms with Crippen molar-refractivity contribution in [2.24, 2.45) is 5.92 Å². The van der Waals surface area contributed by atoms with E-state index in [4.69, 9.17) is 0 Å². The molecular formula is C8H22B.